The maximum atomic E-state index is 11.8. The van der Waals surface area contributed by atoms with Crippen molar-refractivity contribution in [2.45, 2.75) is 6.92 Å². The van der Waals surface area contributed by atoms with E-state index in [4.69, 9.17) is 26.3 Å². The minimum Gasteiger partial charge on any atom is -0.493 e. The number of esters is 1. The maximum Gasteiger partial charge on any atom is 0.343 e. The smallest absolute Gasteiger partial charge is 0.343 e. The third-order valence-electron chi connectivity index (χ3n) is 2.52. The van der Waals surface area contributed by atoms with Gasteiger partial charge in [-0.05, 0) is 6.92 Å². The number of aromatic nitrogens is 2. The van der Waals surface area contributed by atoms with Crippen LogP contribution in [0, 0.1) is 11.3 Å². The normalized spacial score (nSPS) is 10.2. The Balaban J connectivity index is 2.73. The van der Waals surface area contributed by atoms with E-state index < -0.39 is 5.97 Å². The molecule has 98 valence electrons. The van der Waals surface area contributed by atoms with Crippen molar-refractivity contribution in [3.63, 3.8) is 0 Å². The zero-order valence-corrected chi connectivity index (χ0v) is 11.1. The van der Waals surface area contributed by atoms with Crippen molar-refractivity contribution in [1.82, 2.24) is 9.61 Å². The fraction of sp³-hybridized carbons (Fsp3) is 0.250. The van der Waals surface area contributed by atoms with Crippen LogP contribution in [0.3, 0.4) is 0 Å². The number of carbonyl (C=O) groups is 1. The monoisotopic (exact) mass is 279 g/mol. The molecule has 0 aliphatic carbocycles. The first-order valence-corrected chi connectivity index (χ1v) is 5.82. The molecule has 2 aromatic rings. The summed E-state index contributed by atoms with van der Waals surface area (Å²) in [6, 6.07) is 1.92. The van der Waals surface area contributed by atoms with Gasteiger partial charge < -0.3 is 9.47 Å². The fourth-order valence-corrected chi connectivity index (χ4v) is 1.97. The SMILES string of the molecule is CCOC(=O)c1cn2ncc(C#N)c(Cl)c2c1OC. The van der Waals surface area contributed by atoms with Gasteiger partial charge >= 0.3 is 5.97 Å². The van der Waals surface area contributed by atoms with E-state index in [-0.39, 0.29) is 28.5 Å². The van der Waals surface area contributed by atoms with Crippen molar-refractivity contribution in [1.29, 1.82) is 5.26 Å². The van der Waals surface area contributed by atoms with Crippen LogP contribution >= 0.6 is 11.6 Å². The first-order valence-electron chi connectivity index (χ1n) is 5.45. The Bertz CT molecular complexity index is 688. The second-order valence-corrected chi connectivity index (χ2v) is 3.95. The third kappa shape index (κ3) is 2.09. The first-order chi connectivity index (χ1) is 9.13. The summed E-state index contributed by atoms with van der Waals surface area (Å²) in [6.07, 6.45) is 2.78. The van der Waals surface area contributed by atoms with Crippen LogP contribution in [0.25, 0.3) is 5.52 Å². The average molecular weight is 280 g/mol. The molecule has 6 nitrogen and oxygen atoms in total. The lowest BCUT2D eigenvalue weighted by Gasteiger charge is -2.04. The summed E-state index contributed by atoms with van der Waals surface area (Å²) in [5.41, 5.74) is 0.793. The Kier molecular flexibility index (Phi) is 3.58. The fourth-order valence-electron chi connectivity index (χ4n) is 1.71. The maximum absolute atomic E-state index is 11.8. The lowest BCUT2D eigenvalue weighted by Crippen LogP contribution is -2.04. The van der Waals surface area contributed by atoms with E-state index in [1.54, 1.807) is 6.92 Å². The Labute approximate surface area is 114 Å². The molecule has 0 aromatic carbocycles. The Morgan fingerprint density at radius 3 is 2.95 bits per heavy atom. The number of nitriles is 1. The van der Waals surface area contributed by atoms with Gasteiger partial charge in [0.1, 0.15) is 17.1 Å². The van der Waals surface area contributed by atoms with Crippen LogP contribution < -0.4 is 4.74 Å². The summed E-state index contributed by atoms with van der Waals surface area (Å²) in [5, 5.41) is 13.1. The Morgan fingerprint density at radius 1 is 1.63 bits per heavy atom. The molecule has 2 rings (SSSR count). The summed E-state index contributed by atoms with van der Waals surface area (Å²) in [5.74, 6) is -0.285. The number of ether oxygens (including phenoxy) is 2. The second-order valence-electron chi connectivity index (χ2n) is 3.57. The van der Waals surface area contributed by atoms with E-state index >= 15 is 0 Å². The number of rotatable bonds is 3. The quantitative estimate of drug-likeness (QED) is 0.804. The summed E-state index contributed by atoms with van der Waals surface area (Å²) in [6.45, 7) is 1.96. The third-order valence-corrected chi connectivity index (χ3v) is 2.90. The molecule has 0 aliphatic heterocycles. The van der Waals surface area contributed by atoms with Gasteiger partial charge in [-0.3, -0.25) is 0 Å². The van der Waals surface area contributed by atoms with E-state index in [0.717, 1.165) is 0 Å². The van der Waals surface area contributed by atoms with Gasteiger partial charge in [-0.15, -0.1) is 0 Å². The molecule has 0 N–H and O–H groups in total. The highest BCUT2D eigenvalue weighted by molar-refractivity contribution is 6.35. The van der Waals surface area contributed by atoms with E-state index in [9.17, 15) is 4.79 Å². The topological polar surface area (TPSA) is 76.6 Å². The van der Waals surface area contributed by atoms with Crippen molar-refractivity contribution >= 4 is 23.1 Å². The molecule has 0 radical (unpaired) electrons. The van der Waals surface area contributed by atoms with E-state index in [0.29, 0.717) is 5.52 Å². The molecule has 0 bridgehead atoms. The van der Waals surface area contributed by atoms with Crippen LogP contribution in [0.4, 0.5) is 0 Å². The van der Waals surface area contributed by atoms with Crippen molar-refractivity contribution in [3.05, 3.63) is 28.5 Å². The predicted molar refractivity (Wildman–Crippen MR) is 67.4 cm³/mol. The van der Waals surface area contributed by atoms with E-state index in [1.807, 2.05) is 6.07 Å². The lowest BCUT2D eigenvalue weighted by atomic mass is 10.2. The molecule has 0 fully saturated rings. The van der Waals surface area contributed by atoms with Gasteiger partial charge in [-0.2, -0.15) is 10.4 Å². The van der Waals surface area contributed by atoms with Crippen LogP contribution in [-0.4, -0.2) is 29.3 Å². The Hall–Kier alpha value is -2.26. The standard InChI is InChI=1S/C12H10ClN3O3/c1-3-19-12(17)8-6-16-10(11(8)18-2)9(13)7(4-14)5-15-16/h5-6H,3H2,1-2H3. The van der Waals surface area contributed by atoms with Crippen LogP contribution in [0.1, 0.15) is 22.8 Å². The number of halogens is 1. The molecule has 0 aliphatic rings. The molecule has 0 saturated heterocycles. The molecule has 7 heteroatoms. The summed E-state index contributed by atoms with van der Waals surface area (Å²) >= 11 is 6.11. The highest BCUT2D eigenvalue weighted by Gasteiger charge is 2.22. The zero-order valence-electron chi connectivity index (χ0n) is 10.3. The van der Waals surface area contributed by atoms with Gasteiger partial charge in [0.25, 0.3) is 0 Å². The molecule has 2 aromatic heterocycles. The van der Waals surface area contributed by atoms with Crippen molar-refractivity contribution in [2.24, 2.45) is 0 Å². The highest BCUT2D eigenvalue weighted by Crippen LogP contribution is 2.33. The Morgan fingerprint density at radius 2 is 2.37 bits per heavy atom. The van der Waals surface area contributed by atoms with Gasteiger partial charge in [0.15, 0.2) is 5.75 Å². The minimum absolute atomic E-state index is 0.185. The molecular formula is C12H10ClN3O3. The minimum atomic E-state index is -0.528. The molecule has 0 amide bonds. The van der Waals surface area contributed by atoms with Gasteiger partial charge in [0.05, 0.1) is 30.5 Å². The van der Waals surface area contributed by atoms with E-state index in [2.05, 4.69) is 5.10 Å². The molecule has 19 heavy (non-hydrogen) atoms. The summed E-state index contributed by atoms with van der Waals surface area (Å²) < 4.78 is 11.5. The van der Waals surface area contributed by atoms with Crippen LogP contribution in [0.15, 0.2) is 12.4 Å². The van der Waals surface area contributed by atoms with Gasteiger partial charge in [-0.1, -0.05) is 11.6 Å². The van der Waals surface area contributed by atoms with Crippen molar-refractivity contribution in [2.75, 3.05) is 13.7 Å². The average Bonchev–Trinajstić information content (AvgIpc) is 2.79. The number of nitrogens with zero attached hydrogens (tertiary/aromatic N) is 3. The molecule has 0 spiro atoms. The van der Waals surface area contributed by atoms with Crippen LogP contribution in [-0.2, 0) is 4.74 Å². The summed E-state index contributed by atoms with van der Waals surface area (Å²) in [4.78, 5) is 11.8. The van der Waals surface area contributed by atoms with Crippen molar-refractivity contribution < 1.29 is 14.3 Å². The molecular weight excluding hydrogens is 270 g/mol. The predicted octanol–water partition coefficient (Wildman–Crippen LogP) is 2.04. The largest absolute Gasteiger partial charge is 0.493 e. The van der Waals surface area contributed by atoms with Gasteiger partial charge in [0, 0.05) is 6.20 Å². The van der Waals surface area contributed by atoms with Gasteiger partial charge in [-0.25, -0.2) is 9.31 Å². The molecule has 0 saturated carbocycles. The lowest BCUT2D eigenvalue weighted by molar-refractivity contribution is 0.0523. The van der Waals surface area contributed by atoms with Gasteiger partial charge in [0.2, 0.25) is 0 Å². The van der Waals surface area contributed by atoms with Crippen LogP contribution in [0.5, 0.6) is 5.75 Å². The van der Waals surface area contributed by atoms with E-state index in [1.165, 1.54) is 24.0 Å². The zero-order chi connectivity index (χ0) is 14.0. The highest BCUT2D eigenvalue weighted by atomic mass is 35.5. The number of carbonyl (C=O) groups excluding carboxylic acids is 1. The number of fused-ring (bicyclic) bond motifs is 1. The van der Waals surface area contributed by atoms with Crippen molar-refractivity contribution in [3.8, 4) is 11.8 Å². The number of methoxy groups -OCH3 is 1. The summed E-state index contributed by atoms with van der Waals surface area (Å²) in [7, 11) is 1.41. The second kappa shape index (κ2) is 5.16. The first kappa shape index (κ1) is 13.2. The molecule has 0 atom stereocenters. The number of hydrogen-bond donors (Lipinski definition) is 0. The number of hydrogen-bond acceptors (Lipinski definition) is 5. The molecule has 0 unspecified atom stereocenters. The molecule has 2 heterocycles. The van der Waals surface area contributed by atoms with Crippen LogP contribution in [0.2, 0.25) is 5.02 Å².